The Morgan fingerprint density at radius 1 is 1.28 bits per heavy atom. The van der Waals surface area contributed by atoms with Crippen molar-refractivity contribution >= 4 is 0 Å². The van der Waals surface area contributed by atoms with Crippen LogP contribution < -0.4 is 5.32 Å². The molecule has 4 nitrogen and oxygen atoms in total. The molecule has 0 bridgehead atoms. The van der Waals surface area contributed by atoms with Crippen molar-refractivity contribution in [1.82, 2.24) is 10.2 Å². The highest BCUT2D eigenvalue weighted by Crippen LogP contribution is 2.28. The van der Waals surface area contributed by atoms with Crippen LogP contribution in [-0.2, 0) is 4.74 Å². The number of morpholine rings is 1. The van der Waals surface area contributed by atoms with Crippen molar-refractivity contribution in [2.75, 3.05) is 19.6 Å². The summed E-state index contributed by atoms with van der Waals surface area (Å²) in [5.41, 5.74) is -0.275. The molecule has 1 atom stereocenters. The average Bonchev–Trinajstić information content (AvgIpc) is 2.95. The van der Waals surface area contributed by atoms with Crippen LogP contribution in [0.1, 0.15) is 40.5 Å². The van der Waals surface area contributed by atoms with Crippen molar-refractivity contribution in [3.05, 3.63) is 0 Å². The lowest BCUT2D eigenvalue weighted by atomic mass is 9.98. The Labute approximate surface area is 110 Å². The van der Waals surface area contributed by atoms with Gasteiger partial charge in [0.2, 0.25) is 0 Å². The number of ether oxygens (including phenoxy) is 1. The van der Waals surface area contributed by atoms with E-state index in [1.807, 2.05) is 0 Å². The normalized spacial score (nSPS) is 28.6. The van der Waals surface area contributed by atoms with E-state index < -0.39 is 0 Å². The summed E-state index contributed by atoms with van der Waals surface area (Å²) in [5.74, 6) is 0. The standard InChI is InChI=1S/C14H25N3O/c1-13(2)9-17(10-14(3,4)18-13)8-12(7-15)16-11-5-6-11/h11-12,16H,5-6,8-10H2,1-4H3. The van der Waals surface area contributed by atoms with Gasteiger partial charge < -0.3 is 4.74 Å². The fourth-order valence-corrected chi connectivity index (χ4v) is 3.00. The molecule has 1 heterocycles. The Bertz CT molecular complexity index is 325. The predicted molar refractivity (Wildman–Crippen MR) is 71.2 cm³/mol. The van der Waals surface area contributed by atoms with E-state index in [9.17, 15) is 5.26 Å². The second-order valence-corrected chi connectivity index (χ2v) is 6.91. The molecule has 1 saturated carbocycles. The molecule has 2 fully saturated rings. The van der Waals surface area contributed by atoms with Crippen molar-refractivity contribution in [2.24, 2.45) is 0 Å². The third-order valence-corrected chi connectivity index (χ3v) is 3.37. The molecule has 1 aliphatic carbocycles. The number of nitrogens with zero attached hydrogens (tertiary/aromatic N) is 2. The van der Waals surface area contributed by atoms with Crippen LogP contribution >= 0.6 is 0 Å². The van der Waals surface area contributed by atoms with Crippen LogP contribution in [0.2, 0.25) is 0 Å². The molecule has 2 rings (SSSR count). The minimum atomic E-state index is -0.138. The molecule has 18 heavy (non-hydrogen) atoms. The van der Waals surface area contributed by atoms with Gasteiger partial charge in [-0.05, 0) is 40.5 Å². The van der Waals surface area contributed by atoms with Crippen LogP contribution in [0.3, 0.4) is 0 Å². The van der Waals surface area contributed by atoms with Gasteiger partial charge in [0.25, 0.3) is 0 Å². The lowest BCUT2D eigenvalue weighted by molar-refractivity contribution is -0.180. The van der Waals surface area contributed by atoms with Crippen LogP contribution in [-0.4, -0.2) is 47.8 Å². The highest BCUT2D eigenvalue weighted by Gasteiger charge is 2.39. The summed E-state index contributed by atoms with van der Waals surface area (Å²) in [4.78, 5) is 2.35. The third-order valence-electron chi connectivity index (χ3n) is 3.37. The Balaban J connectivity index is 1.92. The van der Waals surface area contributed by atoms with Crippen LogP contribution in [0.5, 0.6) is 0 Å². The van der Waals surface area contributed by atoms with Gasteiger partial charge in [0.1, 0.15) is 6.04 Å². The summed E-state index contributed by atoms with van der Waals surface area (Å²) in [6, 6.07) is 2.91. The van der Waals surface area contributed by atoms with Gasteiger partial charge in [0, 0.05) is 25.7 Å². The van der Waals surface area contributed by atoms with Crippen molar-refractivity contribution in [3.63, 3.8) is 0 Å². The number of nitriles is 1. The van der Waals surface area contributed by atoms with Crippen molar-refractivity contribution in [1.29, 1.82) is 5.26 Å². The molecule has 2 aliphatic rings. The molecule has 102 valence electrons. The highest BCUT2D eigenvalue weighted by molar-refractivity contribution is 4.99. The molecule has 0 radical (unpaired) electrons. The van der Waals surface area contributed by atoms with Gasteiger partial charge >= 0.3 is 0 Å². The minimum absolute atomic E-state index is 0.0535. The number of hydrogen-bond donors (Lipinski definition) is 1. The van der Waals surface area contributed by atoms with Gasteiger partial charge in [0.15, 0.2) is 0 Å². The smallest absolute Gasteiger partial charge is 0.108 e. The van der Waals surface area contributed by atoms with Crippen molar-refractivity contribution < 1.29 is 4.74 Å². The first-order valence-corrected chi connectivity index (χ1v) is 6.88. The molecule has 1 aliphatic heterocycles. The first-order valence-electron chi connectivity index (χ1n) is 6.88. The van der Waals surface area contributed by atoms with Crippen molar-refractivity contribution in [3.8, 4) is 6.07 Å². The zero-order valence-electron chi connectivity index (χ0n) is 12.0. The maximum atomic E-state index is 9.22. The van der Waals surface area contributed by atoms with Gasteiger partial charge in [0.05, 0.1) is 17.3 Å². The van der Waals surface area contributed by atoms with E-state index in [1.54, 1.807) is 0 Å². The van der Waals surface area contributed by atoms with Gasteiger partial charge in [-0.3, -0.25) is 10.2 Å². The molecular weight excluding hydrogens is 226 g/mol. The first-order chi connectivity index (χ1) is 8.30. The lowest BCUT2D eigenvalue weighted by Crippen LogP contribution is -2.59. The van der Waals surface area contributed by atoms with Crippen LogP contribution in [0.15, 0.2) is 0 Å². The molecule has 0 aromatic rings. The molecule has 4 heteroatoms. The average molecular weight is 251 g/mol. The molecule has 1 N–H and O–H groups in total. The monoisotopic (exact) mass is 251 g/mol. The number of rotatable bonds is 4. The van der Waals surface area contributed by atoms with Gasteiger partial charge in [-0.25, -0.2) is 0 Å². The van der Waals surface area contributed by atoms with E-state index >= 15 is 0 Å². The summed E-state index contributed by atoms with van der Waals surface area (Å²) in [6.45, 7) is 11.1. The summed E-state index contributed by atoms with van der Waals surface area (Å²) in [5, 5.41) is 12.6. The topological polar surface area (TPSA) is 48.3 Å². The molecule has 0 amide bonds. The third kappa shape index (κ3) is 3.94. The molecule has 0 spiro atoms. The number of hydrogen-bond acceptors (Lipinski definition) is 4. The van der Waals surface area contributed by atoms with E-state index in [4.69, 9.17) is 4.74 Å². The van der Waals surface area contributed by atoms with Gasteiger partial charge in [-0.15, -0.1) is 0 Å². The fourth-order valence-electron chi connectivity index (χ4n) is 3.00. The maximum Gasteiger partial charge on any atom is 0.108 e. The Hall–Kier alpha value is -0.630. The summed E-state index contributed by atoms with van der Waals surface area (Å²) in [7, 11) is 0. The summed E-state index contributed by atoms with van der Waals surface area (Å²) < 4.78 is 6.06. The summed E-state index contributed by atoms with van der Waals surface area (Å²) in [6.07, 6.45) is 2.44. The van der Waals surface area contributed by atoms with Crippen LogP contribution in [0, 0.1) is 11.3 Å². The van der Waals surface area contributed by atoms with E-state index in [-0.39, 0.29) is 17.2 Å². The largest absolute Gasteiger partial charge is 0.367 e. The Morgan fingerprint density at radius 3 is 2.28 bits per heavy atom. The maximum absolute atomic E-state index is 9.22. The van der Waals surface area contributed by atoms with Crippen LogP contribution in [0.25, 0.3) is 0 Å². The van der Waals surface area contributed by atoms with E-state index in [1.165, 1.54) is 12.8 Å². The van der Waals surface area contributed by atoms with Gasteiger partial charge in [-0.2, -0.15) is 5.26 Å². The zero-order valence-corrected chi connectivity index (χ0v) is 12.0. The SMILES string of the molecule is CC1(C)CN(CC(C#N)NC2CC2)CC(C)(C)O1. The Kier molecular flexibility index (Phi) is 3.68. The quantitative estimate of drug-likeness (QED) is 0.823. The van der Waals surface area contributed by atoms with Crippen molar-refractivity contribution in [2.45, 2.75) is 63.8 Å². The molecule has 0 aromatic heterocycles. The highest BCUT2D eigenvalue weighted by atomic mass is 16.5. The minimum Gasteiger partial charge on any atom is -0.367 e. The van der Waals surface area contributed by atoms with Crippen LogP contribution in [0.4, 0.5) is 0 Å². The Morgan fingerprint density at radius 2 is 1.83 bits per heavy atom. The molecular formula is C14H25N3O. The van der Waals surface area contributed by atoms with E-state index in [0.717, 1.165) is 19.6 Å². The first kappa shape index (κ1) is 13.8. The second kappa shape index (κ2) is 4.80. The fraction of sp³-hybridized carbons (Fsp3) is 0.929. The van der Waals surface area contributed by atoms with E-state index in [0.29, 0.717) is 6.04 Å². The van der Waals surface area contributed by atoms with E-state index in [2.05, 4.69) is 44.0 Å². The van der Waals surface area contributed by atoms with Gasteiger partial charge in [-0.1, -0.05) is 0 Å². The zero-order chi connectivity index (χ0) is 13.4. The molecule has 1 unspecified atom stereocenters. The molecule has 0 aromatic carbocycles. The lowest BCUT2D eigenvalue weighted by Gasteiger charge is -2.47. The second-order valence-electron chi connectivity index (χ2n) is 6.91. The summed E-state index contributed by atoms with van der Waals surface area (Å²) >= 11 is 0. The number of nitrogens with one attached hydrogen (secondary N) is 1. The molecule has 1 saturated heterocycles. The predicted octanol–water partition coefficient (Wildman–Crippen LogP) is 1.52.